The van der Waals surface area contributed by atoms with Gasteiger partial charge < -0.3 is 5.32 Å². The van der Waals surface area contributed by atoms with E-state index in [2.05, 4.69) is 28.2 Å². The van der Waals surface area contributed by atoms with Gasteiger partial charge in [-0.25, -0.2) is 4.39 Å². The summed E-state index contributed by atoms with van der Waals surface area (Å²) in [6, 6.07) is 5.23. The van der Waals surface area contributed by atoms with Gasteiger partial charge in [0.05, 0.1) is 4.47 Å². The van der Waals surface area contributed by atoms with Gasteiger partial charge in [0.15, 0.2) is 0 Å². The van der Waals surface area contributed by atoms with Gasteiger partial charge in [-0.05, 0) is 66.3 Å². The first kappa shape index (κ1) is 13.7. The van der Waals surface area contributed by atoms with E-state index < -0.39 is 0 Å². The van der Waals surface area contributed by atoms with Crippen molar-refractivity contribution >= 4 is 15.9 Å². The molecule has 0 aliphatic rings. The molecule has 0 atom stereocenters. The van der Waals surface area contributed by atoms with Crippen LogP contribution in [0, 0.1) is 5.82 Å². The fraction of sp³-hybridized carbons (Fsp3) is 0.538. The molecule has 0 aromatic heterocycles. The molecule has 0 spiro atoms. The van der Waals surface area contributed by atoms with Crippen molar-refractivity contribution in [3.05, 3.63) is 34.1 Å². The summed E-state index contributed by atoms with van der Waals surface area (Å²) in [5.41, 5.74) is 1.07. The summed E-state index contributed by atoms with van der Waals surface area (Å²) in [6.45, 7) is 4.31. The van der Waals surface area contributed by atoms with Gasteiger partial charge in [-0.15, -0.1) is 0 Å². The van der Waals surface area contributed by atoms with E-state index in [1.54, 1.807) is 6.07 Å². The first-order valence-corrected chi connectivity index (χ1v) is 6.68. The number of unbranched alkanes of at least 4 members (excludes halogenated alkanes) is 1. The highest BCUT2D eigenvalue weighted by Gasteiger charge is 2.04. The Labute approximate surface area is 106 Å². The second kappa shape index (κ2) is 7.80. The maximum Gasteiger partial charge on any atom is 0.137 e. The molecule has 16 heavy (non-hydrogen) atoms. The SMILES string of the molecule is CCCNCCCCc1cccc(F)c1Br. The summed E-state index contributed by atoms with van der Waals surface area (Å²) in [6.07, 6.45) is 4.35. The molecule has 0 fully saturated rings. The van der Waals surface area contributed by atoms with E-state index in [0.29, 0.717) is 4.47 Å². The van der Waals surface area contributed by atoms with Crippen LogP contribution in [0.1, 0.15) is 31.7 Å². The highest BCUT2D eigenvalue weighted by Crippen LogP contribution is 2.21. The Hall–Kier alpha value is -0.410. The fourth-order valence-electron chi connectivity index (χ4n) is 1.61. The Morgan fingerprint density at radius 2 is 2.06 bits per heavy atom. The van der Waals surface area contributed by atoms with Crippen LogP contribution >= 0.6 is 15.9 Å². The molecule has 0 radical (unpaired) electrons. The van der Waals surface area contributed by atoms with Crippen molar-refractivity contribution in [2.24, 2.45) is 0 Å². The van der Waals surface area contributed by atoms with Crippen molar-refractivity contribution < 1.29 is 4.39 Å². The van der Waals surface area contributed by atoms with E-state index in [1.807, 2.05) is 6.07 Å². The minimum absolute atomic E-state index is 0.165. The predicted molar refractivity (Wildman–Crippen MR) is 70.2 cm³/mol. The second-order valence-corrected chi connectivity index (χ2v) is 4.71. The van der Waals surface area contributed by atoms with Gasteiger partial charge in [0, 0.05) is 0 Å². The van der Waals surface area contributed by atoms with E-state index in [9.17, 15) is 4.39 Å². The van der Waals surface area contributed by atoms with Crippen LogP contribution in [-0.2, 0) is 6.42 Å². The zero-order valence-corrected chi connectivity index (χ0v) is 11.3. The standard InChI is InChI=1S/C13H19BrFN/c1-2-9-16-10-4-3-6-11-7-5-8-12(15)13(11)14/h5,7-8,16H,2-4,6,9-10H2,1H3. The lowest BCUT2D eigenvalue weighted by Gasteiger charge is -2.06. The third kappa shape index (κ3) is 4.62. The minimum Gasteiger partial charge on any atom is -0.317 e. The number of rotatable bonds is 7. The van der Waals surface area contributed by atoms with Crippen LogP contribution < -0.4 is 5.32 Å². The van der Waals surface area contributed by atoms with Crippen molar-refractivity contribution in [3.8, 4) is 0 Å². The third-order valence-corrected chi connectivity index (χ3v) is 3.40. The average Bonchev–Trinajstić information content (AvgIpc) is 2.29. The van der Waals surface area contributed by atoms with Crippen LogP contribution in [0.2, 0.25) is 0 Å². The largest absolute Gasteiger partial charge is 0.317 e. The molecule has 3 heteroatoms. The number of hydrogen-bond donors (Lipinski definition) is 1. The number of aryl methyl sites for hydroxylation is 1. The number of hydrogen-bond acceptors (Lipinski definition) is 1. The zero-order valence-electron chi connectivity index (χ0n) is 9.73. The van der Waals surface area contributed by atoms with E-state index in [1.165, 1.54) is 12.5 Å². The fourth-order valence-corrected chi connectivity index (χ4v) is 2.07. The molecule has 1 aromatic carbocycles. The Kier molecular flexibility index (Phi) is 6.65. The molecule has 1 N–H and O–H groups in total. The van der Waals surface area contributed by atoms with Gasteiger partial charge in [-0.1, -0.05) is 19.1 Å². The molecule has 0 amide bonds. The van der Waals surface area contributed by atoms with Crippen LogP contribution in [-0.4, -0.2) is 13.1 Å². The quantitative estimate of drug-likeness (QED) is 0.750. The van der Waals surface area contributed by atoms with Crippen LogP contribution in [0.4, 0.5) is 4.39 Å². The third-order valence-electron chi connectivity index (χ3n) is 2.51. The lowest BCUT2D eigenvalue weighted by atomic mass is 10.1. The van der Waals surface area contributed by atoms with Crippen LogP contribution in [0.15, 0.2) is 22.7 Å². The van der Waals surface area contributed by atoms with Gasteiger partial charge in [0.25, 0.3) is 0 Å². The Bertz CT molecular complexity index is 315. The van der Waals surface area contributed by atoms with Crippen LogP contribution in [0.25, 0.3) is 0 Å². The normalized spacial score (nSPS) is 10.7. The molecular formula is C13H19BrFN. The van der Waals surface area contributed by atoms with Crippen LogP contribution in [0.5, 0.6) is 0 Å². The van der Waals surface area contributed by atoms with Crippen molar-refractivity contribution in [1.82, 2.24) is 5.32 Å². The molecule has 0 saturated carbocycles. The maximum atomic E-state index is 13.2. The maximum absolute atomic E-state index is 13.2. The molecule has 0 unspecified atom stereocenters. The van der Waals surface area contributed by atoms with Crippen molar-refractivity contribution in [1.29, 1.82) is 0 Å². The molecular weight excluding hydrogens is 269 g/mol. The molecule has 0 heterocycles. The lowest BCUT2D eigenvalue weighted by molar-refractivity contribution is 0.605. The van der Waals surface area contributed by atoms with Gasteiger partial charge in [-0.3, -0.25) is 0 Å². The molecule has 0 saturated heterocycles. The van der Waals surface area contributed by atoms with E-state index in [4.69, 9.17) is 0 Å². The second-order valence-electron chi connectivity index (χ2n) is 3.92. The Morgan fingerprint density at radius 3 is 2.81 bits per heavy atom. The molecule has 90 valence electrons. The summed E-state index contributed by atoms with van der Waals surface area (Å²) >= 11 is 3.28. The monoisotopic (exact) mass is 287 g/mol. The summed E-state index contributed by atoms with van der Waals surface area (Å²) < 4.78 is 13.8. The summed E-state index contributed by atoms with van der Waals surface area (Å²) in [5.74, 6) is -0.165. The van der Waals surface area contributed by atoms with Crippen LogP contribution in [0.3, 0.4) is 0 Å². The summed E-state index contributed by atoms with van der Waals surface area (Å²) in [4.78, 5) is 0. The Balaban J connectivity index is 2.24. The summed E-state index contributed by atoms with van der Waals surface area (Å²) in [5, 5.41) is 3.36. The number of halogens is 2. The van der Waals surface area contributed by atoms with Gasteiger partial charge in [0.1, 0.15) is 5.82 Å². The number of nitrogens with one attached hydrogen (secondary N) is 1. The summed E-state index contributed by atoms with van der Waals surface area (Å²) in [7, 11) is 0. The highest BCUT2D eigenvalue weighted by atomic mass is 79.9. The first-order valence-electron chi connectivity index (χ1n) is 5.89. The molecule has 0 aliphatic heterocycles. The molecule has 1 rings (SSSR count). The highest BCUT2D eigenvalue weighted by molar-refractivity contribution is 9.10. The van der Waals surface area contributed by atoms with E-state index in [-0.39, 0.29) is 5.82 Å². The van der Waals surface area contributed by atoms with E-state index in [0.717, 1.165) is 37.9 Å². The first-order chi connectivity index (χ1) is 7.75. The molecule has 1 aromatic rings. The molecule has 1 nitrogen and oxygen atoms in total. The Morgan fingerprint density at radius 1 is 1.25 bits per heavy atom. The molecule has 0 aliphatic carbocycles. The average molecular weight is 288 g/mol. The van der Waals surface area contributed by atoms with Gasteiger partial charge >= 0.3 is 0 Å². The van der Waals surface area contributed by atoms with Crippen molar-refractivity contribution in [3.63, 3.8) is 0 Å². The van der Waals surface area contributed by atoms with Gasteiger partial charge in [0.2, 0.25) is 0 Å². The predicted octanol–water partition coefficient (Wildman–Crippen LogP) is 3.91. The minimum atomic E-state index is -0.165. The van der Waals surface area contributed by atoms with E-state index >= 15 is 0 Å². The molecule has 0 bridgehead atoms. The topological polar surface area (TPSA) is 12.0 Å². The zero-order chi connectivity index (χ0) is 11.8. The van der Waals surface area contributed by atoms with Crippen molar-refractivity contribution in [2.45, 2.75) is 32.6 Å². The smallest absolute Gasteiger partial charge is 0.137 e. The lowest BCUT2D eigenvalue weighted by Crippen LogP contribution is -2.15. The van der Waals surface area contributed by atoms with Crippen molar-refractivity contribution in [2.75, 3.05) is 13.1 Å². The van der Waals surface area contributed by atoms with Gasteiger partial charge in [-0.2, -0.15) is 0 Å². The number of benzene rings is 1.